The van der Waals surface area contributed by atoms with Gasteiger partial charge in [0.25, 0.3) is 0 Å². The summed E-state index contributed by atoms with van der Waals surface area (Å²) in [6.07, 6.45) is 4.99. The van der Waals surface area contributed by atoms with E-state index in [0.717, 1.165) is 18.1 Å². The summed E-state index contributed by atoms with van der Waals surface area (Å²) < 4.78 is 5.63. The molecule has 3 unspecified atom stereocenters. The standard InChI is InChI=1S/C15H25NO2/c1-11-7-8-15(18-11)12(2)16-9-13-5-3-4-6-14(13)10-17/h7-8,12-14,16-17H,3-6,9-10H2,1-2H3. The highest BCUT2D eigenvalue weighted by Crippen LogP contribution is 2.29. The topological polar surface area (TPSA) is 45.4 Å². The van der Waals surface area contributed by atoms with Crippen LogP contribution in [0.2, 0.25) is 0 Å². The third kappa shape index (κ3) is 3.36. The molecule has 0 spiro atoms. The van der Waals surface area contributed by atoms with E-state index in [1.807, 2.05) is 19.1 Å². The molecule has 2 N–H and O–H groups in total. The molecule has 3 atom stereocenters. The van der Waals surface area contributed by atoms with E-state index in [1.165, 1.54) is 25.7 Å². The largest absolute Gasteiger partial charge is 0.465 e. The highest BCUT2D eigenvalue weighted by Gasteiger charge is 2.24. The minimum absolute atomic E-state index is 0.250. The van der Waals surface area contributed by atoms with Crippen molar-refractivity contribution in [3.8, 4) is 0 Å². The van der Waals surface area contributed by atoms with Crippen LogP contribution in [0.1, 0.15) is 50.2 Å². The van der Waals surface area contributed by atoms with E-state index in [-0.39, 0.29) is 6.04 Å². The monoisotopic (exact) mass is 251 g/mol. The van der Waals surface area contributed by atoms with Crippen LogP contribution in [-0.4, -0.2) is 18.3 Å². The van der Waals surface area contributed by atoms with E-state index in [2.05, 4.69) is 12.2 Å². The van der Waals surface area contributed by atoms with Crippen molar-refractivity contribution < 1.29 is 9.52 Å². The van der Waals surface area contributed by atoms with Crippen molar-refractivity contribution in [3.05, 3.63) is 23.7 Å². The first-order valence-electron chi connectivity index (χ1n) is 7.11. The quantitative estimate of drug-likeness (QED) is 0.845. The first-order valence-corrected chi connectivity index (χ1v) is 7.11. The van der Waals surface area contributed by atoms with E-state index in [9.17, 15) is 5.11 Å². The number of rotatable bonds is 5. The van der Waals surface area contributed by atoms with E-state index >= 15 is 0 Å². The Balaban J connectivity index is 1.83. The molecule has 1 aliphatic rings. The molecule has 1 saturated carbocycles. The van der Waals surface area contributed by atoms with E-state index in [0.29, 0.717) is 18.4 Å². The van der Waals surface area contributed by atoms with Gasteiger partial charge in [-0.15, -0.1) is 0 Å². The summed E-state index contributed by atoms with van der Waals surface area (Å²) in [5.41, 5.74) is 0. The Kier molecular flexibility index (Phi) is 4.84. The molecule has 2 rings (SSSR count). The Labute approximate surface area is 110 Å². The van der Waals surface area contributed by atoms with E-state index in [4.69, 9.17) is 4.42 Å². The summed E-state index contributed by atoms with van der Waals surface area (Å²) in [5, 5.41) is 12.9. The lowest BCUT2D eigenvalue weighted by Gasteiger charge is -2.31. The van der Waals surface area contributed by atoms with Crippen LogP contribution in [0, 0.1) is 18.8 Å². The van der Waals surface area contributed by atoms with Crippen molar-refractivity contribution in [3.63, 3.8) is 0 Å². The Morgan fingerprint density at radius 1 is 1.33 bits per heavy atom. The van der Waals surface area contributed by atoms with Crippen molar-refractivity contribution in [2.45, 2.75) is 45.6 Å². The first-order chi connectivity index (χ1) is 8.70. The minimum Gasteiger partial charge on any atom is -0.465 e. The van der Waals surface area contributed by atoms with Crippen molar-refractivity contribution in [2.24, 2.45) is 11.8 Å². The molecule has 1 heterocycles. The molecule has 1 fully saturated rings. The van der Waals surface area contributed by atoms with Crippen LogP contribution in [0.15, 0.2) is 16.5 Å². The molecule has 0 aromatic carbocycles. The highest BCUT2D eigenvalue weighted by atomic mass is 16.3. The zero-order valence-electron chi connectivity index (χ0n) is 11.5. The average molecular weight is 251 g/mol. The van der Waals surface area contributed by atoms with Gasteiger partial charge in [0.1, 0.15) is 11.5 Å². The lowest BCUT2D eigenvalue weighted by Crippen LogP contribution is -2.33. The van der Waals surface area contributed by atoms with Crippen LogP contribution in [0.3, 0.4) is 0 Å². The van der Waals surface area contributed by atoms with Gasteiger partial charge in [0.15, 0.2) is 0 Å². The predicted octanol–water partition coefficient (Wildman–Crippen LogP) is 3.04. The third-order valence-corrected chi connectivity index (χ3v) is 4.18. The summed E-state index contributed by atoms with van der Waals surface area (Å²) in [4.78, 5) is 0. The average Bonchev–Trinajstić information content (AvgIpc) is 2.83. The molecule has 3 nitrogen and oxygen atoms in total. The van der Waals surface area contributed by atoms with Crippen LogP contribution in [0.5, 0.6) is 0 Å². The number of nitrogens with one attached hydrogen (secondary N) is 1. The lowest BCUT2D eigenvalue weighted by atomic mass is 9.79. The summed E-state index contributed by atoms with van der Waals surface area (Å²) in [6, 6.07) is 4.29. The fourth-order valence-electron chi connectivity index (χ4n) is 2.91. The second-order valence-corrected chi connectivity index (χ2v) is 5.57. The summed E-state index contributed by atoms with van der Waals surface area (Å²) in [5.74, 6) is 3.06. The molecule has 0 aliphatic heterocycles. The fourth-order valence-corrected chi connectivity index (χ4v) is 2.91. The van der Waals surface area contributed by atoms with Gasteiger partial charge in [-0.2, -0.15) is 0 Å². The van der Waals surface area contributed by atoms with E-state index < -0.39 is 0 Å². The van der Waals surface area contributed by atoms with Gasteiger partial charge in [-0.05, 0) is 57.2 Å². The van der Waals surface area contributed by atoms with Crippen LogP contribution in [-0.2, 0) is 0 Å². The zero-order chi connectivity index (χ0) is 13.0. The van der Waals surface area contributed by atoms with Crippen LogP contribution in [0.4, 0.5) is 0 Å². The molecule has 3 heteroatoms. The summed E-state index contributed by atoms with van der Waals surface area (Å²) in [6.45, 7) is 5.42. The third-order valence-electron chi connectivity index (χ3n) is 4.18. The zero-order valence-corrected chi connectivity index (χ0v) is 11.5. The molecule has 0 saturated heterocycles. The molecular formula is C15H25NO2. The molecule has 1 aromatic heterocycles. The van der Waals surface area contributed by atoms with Crippen molar-refractivity contribution in [1.82, 2.24) is 5.32 Å². The molecular weight excluding hydrogens is 226 g/mol. The Hall–Kier alpha value is -0.800. The van der Waals surface area contributed by atoms with Gasteiger partial charge >= 0.3 is 0 Å². The fraction of sp³-hybridized carbons (Fsp3) is 0.733. The van der Waals surface area contributed by atoms with Crippen molar-refractivity contribution in [1.29, 1.82) is 0 Å². The Morgan fingerprint density at radius 3 is 2.67 bits per heavy atom. The van der Waals surface area contributed by atoms with Crippen LogP contribution >= 0.6 is 0 Å². The molecule has 18 heavy (non-hydrogen) atoms. The van der Waals surface area contributed by atoms with Gasteiger partial charge in [0.05, 0.1) is 6.04 Å². The molecule has 1 aromatic rings. The minimum atomic E-state index is 0.250. The second-order valence-electron chi connectivity index (χ2n) is 5.57. The van der Waals surface area contributed by atoms with Crippen LogP contribution in [0.25, 0.3) is 0 Å². The van der Waals surface area contributed by atoms with Gasteiger partial charge in [0, 0.05) is 6.61 Å². The van der Waals surface area contributed by atoms with Gasteiger partial charge in [-0.3, -0.25) is 0 Å². The molecule has 1 aliphatic carbocycles. The SMILES string of the molecule is Cc1ccc(C(C)NCC2CCCCC2CO)o1. The molecule has 0 amide bonds. The number of aliphatic hydroxyl groups is 1. The summed E-state index contributed by atoms with van der Waals surface area (Å²) in [7, 11) is 0. The first kappa shape index (κ1) is 13.6. The predicted molar refractivity (Wildman–Crippen MR) is 72.4 cm³/mol. The van der Waals surface area contributed by atoms with Crippen LogP contribution < -0.4 is 5.32 Å². The van der Waals surface area contributed by atoms with Gasteiger partial charge in [-0.25, -0.2) is 0 Å². The smallest absolute Gasteiger partial charge is 0.120 e. The maximum absolute atomic E-state index is 9.40. The molecule has 0 bridgehead atoms. The number of furan rings is 1. The lowest BCUT2D eigenvalue weighted by molar-refractivity contribution is 0.131. The van der Waals surface area contributed by atoms with Gasteiger partial charge in [0.2, 0.25) is 0 Å². The van der Waals surface area contributed by atoms with Gasteiger partial charge < -0.3 is 14.8 Å². The number of aryl methyl sites for hydroxylation is 1. The maximum atomic E-state index is 9.40. The Morgan fingerprint density at radius 2 is 2.06 bits per heavy atom. The Bertz CT molecular complexity index is 361. The number of hydrogen-bond acceptors (Lipinski definition) is 3. The van der Waals surface area contributed by atoms with Crippen molar-refractivity contribution >= 4 is 0 Å². The number of hydrogen-bond donors (Lipinski definition) is 2. The molecule has 102 valence electrons. The number of aliphatic hydroxyl groups excluding tert-OH is 1. The van der Waals surface area contributed by atoms with E-state index in [1.54, 1.807) is 0 Å². The normalized spacial score (nSPS) is 26.2. The molecule has 0 radical (unpaired) electrons. The highest BCUT2D eigenvalue weighted by molar-refractivity contribution is 5.08. The summed E-state index contributed by atoms with van der Waals surface area (Å²) >= 11 is 0. The van der Waals surface area contributed by atoms with Gasteiger partial charge in [-0.1, -0.05) is 12.8 Å². The maximum Gasteiger partial charge on any atom is 0.120 e. The second kappa shape index (κ2) is 6.39. The van der Waals surface area contributed by atoms with Crippen molar-refractivity contribution in [2.75, 3.05) is 13.2 Å².